The molecule has 0 atom stereocenters. The van der Waals surface area contributed by atoms with Gasteiger partial charge in [-0.25, -0.2) is 0 Å². The van der Waals surface area contributed by atoms with E-state index in [0.29, 0.717) is 18.7 Å². The second-order valence-electron chi connectivity index (χ2n) is 5.43. The molecule has 1 amide bonds. The van der Waals surface area contributed by atoms with Gasteiger partial charge in [0.05, 0.1) is 0 Å². The van der Waals surface area contributed by atoms with Gasteiger partial charge in [-0.2, -0.15) is 5.06 Å². The first-order valence-electron chi connectivity index (χ1n) is 6.64. The molecule has 1 aromatic carbocycles. The molecule has 5 heteroatoms. The molecule has 0 aromatic heterocycles. The summed E-state index contributed by atoms with van der Waals surface area (Å²) in [5.74, 6) is 0.444. The van der Waals surface area contributed by atoms with Crippen LogP contribution < -0.4 is 10.5 Å². The van der Waals surface area contributed by atoms with Crippen molar-refractivity contribution < 1.29 is 14.7 Å². The Kier molecular flexibility index (Phi) is 2.95. The van der Waals surface area contributed by atoms with Gasteiger partial charge >= 0.3 is 0 Å². The summed E-state index contributed by atoms with van der Waals surface area (Å²) in [6.45, 7) is 1.30. The number of nitrogens with zero attached hydrogens (tertiary/aromatic N) is 1. The van der Waals surface area contributed by atoms with E-state index in [1.807, 2.05) is 12.1 Å². The van der Waals surface area contributed by atoms with Crippen molar-refractivity contribution in [1.82, 2.24) is 5.06 Å². The van der Waals surface area contributed by atoms with Gasteiger partial charge in [-0.05, 0) is 36.6 Å². The first-order chi connectivity index (χ1) is 9.08. The SMILES string of the molecule is NC(=O)c1ccc2c(c1)CCC1(CCN(O)CC1)O2. The molecule has 0 radical (unpaired) electrons. The Bertz CT molecular complexity index is 507. The summed E-state index contributed by atoms with van der Waals surface area (Å²) >= 11 is 0. The first-order valence-corrected chi connectivity index (χ1v) is 6.64. The summed E-state index contributed by atoms with van der Waals surface area (Å²) in [6, 6.07) is 5.37. The van der Waals surface area contributed by atoms with E-state index in [0.717, 1.165) is 37.0 Å². The van der Waals surface area contributed by atoms with E-state index in [2.05, 4.69) is 0 Å². The smallest absolute Gasteiger partial charge is 0.248 e. The lowest BCUT2D eigenvalue weighted by Gasteiger charge is -2.43. The van der Waals surface area contributed by atoms with Crippen LogP contribution in [0.15, 0.2) is 18.2 Å². The maximum absolute atomic E-state index is 11.2. The number of amides is 1. The van der Waals surface area contributed by atoms with Crippen molar-refractivity contribution in [3.63, 3.8) is 0 Å². The number of piperidine rings is 1. The zero-order valence-electron chi connectivity index (χ0n) is 10.8. The van der Waals surface area contributed by atoms with Crippen LogP contribution in [0, 0.1) is 0 Å². The third kappa shape index (κ3) is 2.31. The van der Waals surface area contributed by atoms with Crippen molar-refractivity contribution in [2.75, 3.05) is 13.1 Å². The van der Waals surface area contributed by atoms with Gasteiger partial charge in [0.15, 0.2) is 0 Å². The highest BCUT2D eigenvalue weighted by Gasteiger charge is 2.39. The fourth-order valence-corrected chi connectivity index (χ4v) is 2.93. The minimum Gasteiger partial charge on any atom is -0.487 e. The number of rotatable bonds is 1. The number of fused-ring (bicyclic) bond motifs is 1. The standard InChI is InChI=1S/C14H18N2O3/c15-13(17)11-1-2-12-10(9-11)3-4-14(19-12)5-7-16(18)8-6-14/h1-2,9,18H,3-8H2,(H2,15,17). The molecule has 0 unspecified atom stereocenters. The zero-order chi connectivity index (χ0) is 13.5. The molecular formula is C14H18N2O3. The van der Waals surface area contributed by atoms with Gasteiger partial charge in [0.2, 0.25) is 5.91 Å². The van der Waals surface area contributed by atoms with Crippen LogP contribution in [-0.4, -0.2) is 34.9 Å². The largest absolute Gasteiger partial charge is 0.487 e. The molecule has 1 saturated heterocycles. The molecule has 0 aliphatic carbocycles. The Morgan fingerprint density at radius 2 is 2.05 bits per heavy atom. The highest BCUT2D eigenvalue weighted by molar-refractivity contribution is 5.93. The van der Waals surface area contributed by atoms with Crippen LogP contribution in [0.4, 0.5) is 0 Å². The average molecular weight is 262 g/mol. The van der Waals surface area contributed by atoms with E-state index in [-0.39, 0.29) is 5.60 Å². The minimum absolute atomic E-state index is 0.152. The summed E-state index contributed by atoms with van der Waals surface area (Å²) < 4.78 is 6.15. The van der Waals surface area contributed by atoms with Gasteiger partial charge in [-0.15, -0.1) is 0 Å². The summed E-state index contributed by atoms with van der Waals surface area (Å²) in [4.78, 5) is 11.2. The fourth-order valence-electron chi connectivity index (χ4n) is 2.93. The number of carbonyl (C=O) groups excluding carboxylic acids is 1. The molecule has 3 N–H and O–H groups in total. The maximum atomic E-state index is 11.2. The monoisotopic (exact) mass is 262 g/mol. The van der Waals surface area contributed by atoms with Gasteiger partial charge in [0.25, 0.3) is 0 Å². The molecule has 102 valence electrons. The molecule has 2 aliphatic heterocycles. The van der Waals surface area contributed by atoms with Gasteiger partial charge in [-0.1, -0.05) is 0 Å². The first kappa shape index (κ1) is 12.4. The predicted octanol–water partition coefficient (Wildman–Crippen LogP) is 1.33. The lowest BCUT2D eigenvalue weighted by Crippen LogP contribution is -2.48. The number of benzene rings is 1. The van der Waals surface area contributed by atoms with Gasteiger partial charge < -0.3 is 15.7 Å². The highest BCUT2D eigenvalue weighted by atomic mass is 16.5. The van der Waals surface area contributed by atoms with Crippen LogP contribution >= 0.6 is 0 Å². The Morgan fingerprint density at radius 1 is 1.32 bits per heavy atom. The van der Waals surface area contributed by atoms with Crippen LogP contribution in [0.2, 0.25) is 0 Å². The quantitative estimate of drug-likeness (QED) is 0.800. The number of aryl methyl sites for hydroxylation is 1. The molecule has 1 aromatic rings. The number of ether oxygens (including phenoxy) is 1. The van der Waals surface area contributed by atoms with E-state index in [9.17, 15) is 10.0 Å². The number of hydrogen-bond acceptors (Lipinski definition) is 4. The number of hydroxylamine groups is 2. The van der Waals surface area contributed by atoms with Crippen LogP contribution in [0.3, 0.4) is 0 Å². The van der Waals surface area contributed by atoms with E-state index in [1.54, 1.807) is 6.07 Å². The Balaban J connectivity index is 1.83. The van der Waals surface area contributed by atoms with E-state index < -0.39 is 5.91 Å². The van der Waals surface area contributed by atoms with Crippen molar-refractivity contribution in [1.29, 1.82) is 0 Å². The number of hydrogen-bond donors (Lipinski definition) is 2. The van der Waals surface area contributed by atoms with Crippen molar-refractivity contribution in [2.24, 2.45) is 5.73 Å². The van der Waals surface area contributed by atoms with Gasteiger partial charge in [-0.3, -0.25) is 4.79 Å². The molecule has 0 saturated carbocycles. The van der Waals surface area contributed by atoms with E-state index in [4.69, 9.17) is 10.5 Å². The van der Waals surface area contributed by atoms with Crippen LogP contribution in [0.1, 0.15) is 35.2 Å². The van der Waals surface area contributed by atoms with Gasteiger partial charge in [0, 0.05) is 31.5 Å². The lowest BCUT2D eigenvalue weighted by atomic mass is 9.83. The molecular weight excluding hydrogens is 244 g/mol. The van der Waals surface area contributed by atoms with Crippen LogP contribution in [0.5, 0.6) is 5.75 Å². The Hall–Kier alpha value is -1.59. The average Bonchev–Trinajstić information content (AvgIpc) is 2.42. The normalized spacial score (nSPS) is 21.7. The molecule has 2 aliphatic rings. The number of nitrogens with two attached hydrogens (primary N) is 1. The van der Waals surface area contributed by atoms with Gasteiger partial charge in [0.1, 0.15) is 11.4 Å². The van der Waals surface area contributed by atoms with E-state index >= 15 is 0 Å². The van der Waals surface area contributed by atoms with E-state index in [1.165, 1.54) is 5.06 Å². The fraction of sp³-hybridized carbons (Fsp3) is 0.500. The Labute approximate surface area is 111 Å². The Morgan fingerprint density at radius 3 is 2.74 bits per heavy atom. The highest BCUT2D eigenvalue weighted by Crippen LogP contribution is 2.39. The summed E-state index contributed by atoms with van der Waals surface area (Å²) in [6.07, 6.45) is 3.49. The summed E-state index contributed by atoms with van der Waals surface area (Å²) in [5, 5.41) is 10.8. The predicted molar refractivity (Wildman–Crippen MR) is 69.2 cm³/mol. The summed E-state index contributed by atoms with van der Waals surface area (Å²) in [7, 11) is 0. The number of primary amides is 1. The van der Waals surface area contributed by atoms with Crippen LogP contribution in [-0.2, 0) is 6.42 Å². The maximum Gasteiger partial charge on any atom is 0.248 e. The lowest BCUT2D eigenvalue weighted by molar-refractivity contribution is -0.143. The minimum atomic E-state index is -0.406. The second-order valence-corrected chi connectivity index (χ2v) is 5.43. The van der Waals surface area contributed by atoms with Crippen LogP contribution in [0.25, 0.3) is 0 Å². The van der Waals surface area contributed by atoms with Crippen molar-refractivity contribution >= 4 is 5.91 Å². The molecule has 19 heavy (non-hydrogen) atoms. The molecule has 1 spiro atoms. The third-order valence-electron chi connectivity index (χ3n) is 4.17. The topological polar surface area (TPSA) is 75.8 Å². The second kappa shape index (κ2) is 4.51. The molecule has 3 rings (SSSR count). The molecule has 1 fully saturated rings. The summed E-state index contributed by atoms with van der Waals surface area (Å²) in [5.41, 5.74) is 6.71. The van der Waals surface area contributed by atoms with Crippen molar-refractivity contribution in [3.05, 3.63) is 29.3 Å². The number of carbonyl (C=O) groups is 1. The van der Waals surface area contributed by atoms with Crippen molar-refractivity contribution in [3.8, 4) is 5.75 Å². The third-order valence-corrected chi connectivity index (χ3v) is 4.17. The van der Waals surface area contributed by atoms with Crippen molar-refractivity contribution in [2.45, 2.75) is 31.3 Å². The molecule has 2 heterocycles. The molecule has 5 nitrogen and oxygen atoms in total. The molecule has 0 bridgehead atoms. The zero-order valence-corrected chi connectivity index (χ0v) is 10.8.